The summed E-state index contributed by atoms with van der Waals surface area (Å²) in [5.41, 5.74) is 6.30. The Labute approximate surface area is 164 Å². The molecule has 2 aromatic heterocycles. The lowest BCUT2D eigenvalue weighted by Crippen LogP contribution is -2.16. The van der Waals surface area contributed by atoms with Gasteiger partial charge in [-0.2, -0.15) is 13.2 Å². The van der Waals surface area contributed by atoms with E-state index in [-0.39, 0.29) is 0 Å². The fourth-order valence-corrected chi connectivity index (χ4v) is 2.44. The first-order valence-electron chi connectivity index (χ1n) is 8.57. The van der Waals surface area contributed by atoms with Gasteiger partial charge in [0, 0.05) is 36.6 Å². The summed E-state index contributed by atoms with van der Waals surface area (Å²) in [5.74, 6) is 0.226. The summed E-state index contributed by atoms with van der Waals surface area (Å²) < 4.78 is 37.6. The van der Waals surface area contributed by atoms with Crippen molar-refractivity contribution in [3.63, 3.8) is 0 Å². The van der Waals surface area contributed by atoms with Crippen LogP contribution < -0.4 is 16.4 Å². The van der Waals surface area contributed by atoms with Gasteiger partial charge in [0.25, 0.3) is 0 Å². The standard InChI is InChI=1S/C19H17F3N6O/c20-19(21,22)14-5-6-16(27-11-14)24-9-10-26-18-25-8-7-15(28-18)12-1-3-13(4-2-12)17(23)29/h1-8,11H,9-10H2,(H2,23,29)(H,24,27)(H,25,26,28). The molecule has 0 spiro atoms. The monoisotopic (exact) mass is 402 g/mol. The number of alkyl halides is 3. The van der Waals surface area contributed by atoms with Crippen LogP contribution in [0.4, 0.5) is 24.9 Å². The molecule has 1 amide bonds. The van der Waals surface area contributed by atoms with E-state index in [1.54, 1.807) is 36.5 Å². The second-order valence-corrected chi connectivity index (χ2v) is 5.99. The van der Waals surface area contributed by atoms with Crippen LogP contribution in [0.5, 0.6) is 0 Å². The van der Waals surface area contributed by atoms with Crippen molar-refractivity contribution >= 4 is 17.7 Å². The van der Waals surface area contributed by atoms with Crippen molar-refractivity contribution in [3.05, 3.63) is 66.0 Å². The normalized spacial score (nSPS) is 11.1. The van der Waals surface area contributed by atoms with Gasteiger partial charge >= 0.3 is 6.18 Å². The van der Waals surface area contributed by atoms with Crippen LogP contribution in [0.25, 0.3) is 11.3 Å². The van der Waals surface area contributed by atoms with Gasteiger partial charge in [-0.25, -0.2) is 15.0 Å². The van der Waals surface area contributed by atoms with E-state index in [2.05, 4.69) is 25.6 Å². The van der Waals surface area contributed by atoms with E-state index < -0.39 is 17.6 Å². The van der Waals surface area contributed by atoms with Gasteiger partial charge in [0.05, 0.1) is 11.3 Å². The van der Waals surface area contributed by atoms with Crippen molar-refractivity contribution in [3.8, 4) is 11.3 Å². The lowest BCUT2D eigenvalue weighted by atomic mass is 10.1. The van der Waals surface area contributed by atoms with Gasteiger partial charge in [-0.3, -0.25) is 4.79 Å². The Kier molecular flexibility index (Phi) is 5.91. The molecule has 150 valence electrons. The number of rotatable bonds is 7. The molecule has 0 unspecified atom stereocenters. The van der Waals surface area contributed by atoms with Crippen molar-refractivity contribution in [2.45, 2.75) is 6.18 Å². The molecular weight excluding hydrogens is 385 g/mol. The van der Waals surface area contributed by atoms with Gasteiger partial charge in [0.15, 0.2) is 0 Å². The van der Waals surface area contributed by atoms with E-state index in [0.29, 0.717) is 36.1 Å². The Morgan fingerprint density at radius 1 is 0.966 bits per heavy atom. The number of hydrogen-bond acceptors (Lipinski definition) is 6. The van der Waals surface area contributed by atoms with E-state index in [0.717, 1.165) is 17.8 Å². The molecule has 0 saturated carbocycles. The lowest BCUT2D eigenvalue weighted by molar-refractivity contribution is -0.137. The van der Waals surface area contributed by atoms with Crippen LogP contribution in [0.15, 0.2) is 54.9 Å². The van der Waals surface area contributed by atoms with Crippen LogP contribution in [-0.2, 0) is 6.18 Å². The smallest absolute Gasteiger partial charge is 0.368 e. The van der Waals surface area contributed by atoms with E-state index >= 15 is 0 Å². The van der Waals surface area contributed by atoms with Crippen LogP contribution in [0.2, 0.25) is 0 Å². The zero-order chi connectivity index (χ0) is 20.9. The summed E-state index contributed by atoms with van der Waals surface area (Å²) in [6.45, 7) is 0.825. The van der Waals surface area contributed by atoms with Gasteiger partial charge in [-0.1, -0.05) is 12.1 Å². The Balaban J connectivity index is 1.54. The van der Waals surface area contributed by atoms with Crippen LogP contribution in [0.1, 0.15) is 15.9 Å². The zero-order valence-electron chi connectivity index (χ0n) is 15.1. The highest BCUT2D eigenvalue weighted by atomic mass is 19.4. The van der Waals surface area contributed by atoms with Crippen LogP contribution >= 0.6 is 0 Å². The number of hydrogen-bond donors (Lipinski definition) is 3. The van der Waals surface area contributed by atoms with Crippen LogP contribution in [0, 0.1) is 0 Å². The maximum Gasteiger partial charge on any atom is 0.417 e. The molecule has 0 radical (unpaired) electrons. The number of halogens is 3. The highest BCUT2D eigenvalue weighted by Crippen LogP contribution is 2.28. The average molecular weight is 402 g/mol. The SMILES string of the molecule is NC(=O)c1ccc(-c2ccnc(NCCNc3ccc(C(F)(F)F)cn3)n2)cc1. The van der Waals surface area contributed by atoms with Gasteiger partial charge in [-0.05, 0) is 30.3 Å². The number of carbonyl (C=O) groups excluding carboxylic acids is 1. The van der Waals surface area contributed by atoms with Crippen molar-refractivity contribution in [2.24, 2.45) is 5.73 Å². The molecule has 0 saturated heterocycles. The maximum absolute atomic E-state index is 12.5. The zero-order valence-corrected chi connectivity index (χ0v) is 15.1. The first-order chi connectivity index (χ1) is 13.8. The van der Waals surface area contributed by atoms with Gasteiger partial charge in [-0.15, -0.1) is 0 Å². The molecular formula is C19H17F3N6O. The van der Waals surface area contributed by atoms with E-state index in [1.165, 1.54) is 6.07 Å². The van der Waals surface area contributed by atoms with Crippen molar-refractivity contribution < 1.29 is 18.0 Å². The molecule has 10 heteroatoms. The number of amides is 1. The Morgan fingerprint density at radius 3 is 2.31 bits per heavy atom. The molecule has 7 nitrogen and oxygen atoms in total. The number of carbonyl (C=O) groups is 1. The third-order valence-electron chi connectivity index (χ3n) is 3.93. The summed E-state index contributed by atoms with van der Waals surface area (Å²) in [4.78, 5) is 23.4. The van der Waals surface area contributed by atoms with Crippen molar-refractivity contribution in [2.75, 3.05) is 23.7 Å². The molecule has 0 bridgehead atoms. The summed E-state index contributed by atoms with van der Waals surface area (Å²) in [6.07, 6.45) is -2.03. The summed E-state index contributed by atoms with van der Waals surface area (Å²) >= 11 is 0. The van der Waals surface area contributed by atoms with E-state index in [1.807, 2.05) is 0 Å². The molecule has 4 N–H and O–H groups in total. The van der Waals surface area contributed by atoms with Gasteiger partial charge in [0.2, 0.25) is 11.9 Å². The number of anilines is 2. The number of benzene rings is 1. The molecule has 1 aromatic carbocycles. The molecule has 3 aromatic rings. The summed E-state index contributed by atoms with van der Waals surface area (Å²) in [5, 5.41) is 5.94. The number of nitrogens with one attached hydrogen (secondary N) is 2. The topological polar surface area (TPSA) is 106 Å². The Morgan fingerprint density at radius 2 is 1.69 bits per heavy atom. The lowest BCUT2D eigenvalue weighted by Gasteiger charge is -2.10. The number of aromatic nitrogens is 3. The number of pyridine rings is 1. The fraction of sp³-hybridized carbons (Fsp3) is 0.158. The molecule has 0 aliphatic rings. The molecule has 3 rings (SSSR count). The Bertz CT molecular complexity index is 974. The van der Waals surface area contributed by atoms with Gasteiger partial charge < -0.3 is 16.4 Å². The summed E-state index contributed by atoms with van der Waals surface area (Å²) in [7, 11) is 0. The molecule has 0 fully saturated rings. The first kappa shape index (κ1) is 20.1. The molecule has 0 aliphatic carbocycles. The predicted octanol–water partition coefficient (Wildman–Crippen LogP) is 3.18. The maximum atomic E-state index is 12.5. The quantitative estimate of drug-likeness (QED) is 0.524. The third kappa shape index (κ3) is 5.41. The first-order valence-corrected chi connectivity index (χ1v) is 8.57. The minimum atomic E-state index is -4.41. The second kappa shape index (κ2) is 8.55. The average Bonchev–Trinajstić information content (AvgIpc) is 2.71. The van der Waals surface area contributed by atoms with E-state index in [4.69, 9.17) is 5.73 Å². The second-order valence-electron chi connectivity index (χ2n) is 5.99. The molecule has 2 heterocycles. The number of primary amides is 1. The minimum absolute atomic E-state index is 0.337. The number of nitrogens with two attached hydrogens (primary N) is 1. The van der Waals surface area contributed by atoms with Gasteiger partial charge in [0.1, 0.15) is 5.82 Å². The van der Waals surface area contributed by atoms with E-state index in [9.17, 15) is 18.0 Å². The molecule has 0 atom stereocenters. The third-order valence-corrected chi connectivity index (χ3v) is 3.93. The van der Waals surface area contributed by atoms with Crippen LogP contribution in [0.3, 0.4) is 0 Å². The molecule has 0 aliphatic heterocycles. The highest BCUT2D eigenvalue weighted by Gasteiger charge is 2.30. The Hall–Kier alpha value is -3.69. The predicted molar refractivity (Wildman–Crippen MR) is 102 cm³/mol. The largest absolute Gasteiger partial charge is 0.417 e. The molecule has 29 heavy (non-hydrogen) atoms. The minimum Gasteiger partial charge on any atom is -0.368 e. The summed E-state index contributed by atoms with van der Waals surface area (Å²) in [6, 6.07) is 10.7. The fourth-order valence-electron chi connectivity index (χ4n) is 2.44. The highest BCUT2D eigenvalue weighted by molar-refractivity contribution is 5.93. The van der Waals surface area contributed by atoms with Crippen LogP contribution in [-0.4, -0.2) is 33.9 Å². The number of nitrogens with zero attached hydrogens (tertiary/aromatic N) is 3. The van der Waals surface area contributed by atoms with Crippen molar-refractivity contribution in [1.29, 1.82) is 0 Å². The van der Waals surface area contributed by atoms with Crippen molar-refractivity contribution in [1.82, 2.24) is 15.0 Å².